The van der Waals surface area contributed by atoms with Crippen molar-refractivity contribution in [1.29, 1.82) is 0 Å². The molecule has 0 atom stereocenters. The Morgan fingerprint density at radius 2 is 0.731 bits per heavy atom. The average Bonchev–Trinajstić information content (AvgIpc) is 3.80. The summed E-state index contributed by atoms with van der Waals surface area (Å²) in [5.41, 5.74) is 17.9. The zero-order valence-electron chi connectivity index (χ0n) is 38.0. The molecular formula is C64H50N2S. The van der Waals surface area contributed by atoms with E-state index in [0.717, 1.165) is 34.9 Å². The van der Waals surface area contributed by atoms with E-state index in [1.807, 2.05) is 11.3 Å². The SMILES string of the molecule is CCc1ccc(N(c2ccc(-c3sc(-c4ccc(N(c5ccccc5)c5ccc(C)cc5)cc4)c(-c4ccccc4)c3-c3ccccc3)cc2)c2ccc(C)c3ccccc23)c2ccccc12. The largest absolute Gasteiger partial charge is 0.311 e. The molecule has 0 saturated heterocycles. The molecule has 3 heteroatoms. The Bertz CT molecular complexity index is 3480. The summed E-state index contributed by atoms with van der Waals surface area (Å²) in [6.07, 6.45) is 0.976. The van der Waals surface area contributed by atoms with Crippen molar-refractivity contribution in [1.82, 2.24) is 0 Å². The molecule has 0 saturated carbocycles. The zero-order valence-corrected chi connectivity index (χ0v) is 38.8. The smallest absolute Gasteiger partial charge is 0.0540 e. The summed E-state index contributed by atoms with van der Waals surface area (Å²) in [6, 6.07) is 86.6. The predicted octanol–water partition coefficient (Wildman–Crippen LogP) is 18.8. The second-order valence-corrected chi connectivity index (χ2v) is 18.3. The number of hydrogen-bond donors (Lipinski definition) is 0. The second kappa shape index (κ2) is 18.1. The molecule has 0 bridgehead atoms. The summed E-state index contributed by atoms with van der Waals surface area (Å²) < 4.78 is 0. The molecule has 67 heavy (non-hydrogen) atoms. The third-order valence-electron chi connectivity index (χ3n) is 13.1. The van der Waals surface area contributed by atoms with Crippen LogP contribution in [0.1, 0.15) is 23.6 Å². The Morgan fingerprint density at radius 1 is 0.328 bits per heavy atom. The number of benzene rings is 10. The molecule has 1 heterocycles. The molecule has 2 nitrogen and oxygen atoms in total. The Kier molecular flexibility index (Phi) is 11.3. The molecule has 0 N–H and O–H groups in total. The lowest BCUT2D eigenvalue weighted by molar-refractivity contribution is 1.16. The fourth-order valence-corrected chi connectivity index (χ4v) is 11.1. The normalized spacial score (nSPS) is 11.3. The van der Waals surface area contributed by atoms with Gasteiger partial charge in [0.1, 0.15) is 0 Å². The van der Waals surface area contributed by atoms with E-state index in [1.54, 1.807) is 0 Å². The highest BCUT2D eigenvalue weighted by molar-refractivity contribution is 7.20. The lowest BCUT2D eigenvalue weighted by Crippen LogP contribution is -2.11. The minimum absolute atomic E-state index is 0.976. The molecule has 10 aromatic carbocycles. The van der Waals surface area contributed by atoms with Crippen molar-refractivity contribution >= 4 is 67.0 Å². The molecule has 0 aliphatic rings. The predicted molar refractivity (Wildman–Crippen MR) is 289 cm³/mol. The maximum absolute atomic E-state index is 2.47. The van der Waals surface area contributed by atoms with E-state index >= 15 is 0 Å². The number of para-hydroxylation sites is 1. The van der Waals surface area contributed by atoms with Crippen LogP contribution >= 0.6 is 11.3 Å². The lowest BCUT2D eigenvalue weighted by atomic mass is 9.91. The van der Waals surface area contributed by atoms with Crippen LogP contribution in [0.5, 0.6) is 0 Å². The van der Waals surface area contributed by atoms with Gasteiger partial charge in [0.25, 0.3) is 0 Å². The van der Waals surface area contributed by atoms with Gasteiger partial charge in [0.15, 0.2) is 0 Å². The van der Waals surface area contributed by atoms with Crippen molar-refractivity contribution in [2.24, 2.45) is 0 Å². The molecule has 0 aliphatic carbocycles. The quantitative estimate of drug-likeness (QED) is 0.128. The summed E-state index contributed by atoms with van der Waals surface area (Å²) in [7, 11) is 0. The molecule has 1 aromatic heterocycles. The Balaban J connectivity index is 1.08. The highest BCUT2D eigenvalue weighted by Gasteiger charge is 2.25. The van der Waals surface area contributed by atoms with E-state index in [9.17, 15) is 0 Å². The summed E-state index contributed by atoms with van der Waals surface area (Å²) in [4.78, 5) is 7.29. The highest BCUT2D eigenvalue weighted by atomic mass is 32.1. The number of aryl methyl sites for hydroxylation is 3. The van der Waals surface area contributed by atoms with Crippen LogP contribution in [0.3, 0.4) is 0 Å². The van der Waals surface area contributed by atoms with Crippen LogP contribution in [-0.2, 0) is 6.42 Å². The van der Waals surface area contributed by atoms with Gasteiger partial charge < -0.3 is 9.80 Å². The van der Waals surface area contributed by atoms with E-state index in [1.165, 1.54) is 87.1 Å². The minimum atomic E-state index is 0.976. The topological polar surface area (TPSA) is 6.48 Å². The first-order chi connectivity index (χ1) is 33.0. The van der Waals surface area contributed by atoms with E-state index < -0.39 is 0 Å². The summed E-state index contributed by atoms with van der Waals surface area (Å²) in [5.74, 6) is 0. The van der Waals surface area contributed by atoms with Crippen LogP contribution in [0.4, 0.5) is 34.1 Å². The van der Waals surface area contributed by atoms with Crippen molar-refractivity contribution in [3.63, 3.8) is 0 Å². The number of anilines is 6. The molecule has 322 valence electrons. The fourth-order valence-electron chi connectivity index (χ4n) is 9.73. The first-order valence-electron chi connectivity index (χ1n) is 23.2. The van der Waals surface area contributed by atoms with E-state index in [-0.39, 0.29) is 0 Å². The van der Waals surface area contributed by atoms with Crippen molar-refractivity contribution < 1.29 is 0 Å². The number of nitrogens with zero attached hydrogens (tertiary/aromatic N) is 2. The molecule has 0 fully saturated rings. The first-order valence-corrected chi connectivity index (χ1v) is 24.0. The standard InChI is InChI=1S/C64H50N2S/c1-4-46-35-43-60(58-27-17-15-25-56(46)58)66(59-42-30-45(3)55-24-14-16-26-57(55)59)54-40-33-50(34-41-54)64-62(48-20-10-6-11-21-48)61(47-18-8-5-9-19-47)63(67-64)49-31-38-53(39-32-49)65(51-22-12-7-13-23-51)52-36-28-44(2)29-37-52/h5-43H,4H2,1-3H3. The number of fused-ring (bicyclic) bond motifs is 2. The maximum atomic E-state index is 2.47. The van der Waals surface area contributed by atoms with Gasteiger partial charge in [0.05, 0.1) is 11.4 Å². The molecule has 11 rings (SSSR count). The maximum Gasteiger partial charge on any atom is 0.0540 e. The summed E-state index contributed by atoms with van der Waals surface area (Å²) in [5, 5.41) is 5.03. The number of hydrogen-bond acceptors (Lipinski definition) is 3. The van der Waals surface area contributed by atoms with Crippen molar-refractivity contribution in [3.05, 3.63) is 253 Å². The van der Waals surface area contributed by atoms with Crippen LogP contribution in [0.25, 0.3) is 64.7 Å². The van der Waals surface area contributed by atoms with Gasteiger partial charge in [0.2, 0.25) is 0 Å². The lowest BCUT2D eigenvalue weighted by Gasteiger charge is -2.29. The third-order valence-corrected chi connectivity index (χ3v) is 14.4. The number of rotatable bonds is 11. The second-order valence-electron chi connectivity index (χ2n) is 17.3. The molecule has 0 unspecified atom stereocenters. The van der Waals surface area contributed by atoms with Crippen molar-refractivity contribution in [3.8, 4) is 43.1 Å². The first kappa shape index (κ1) is 41.7. The van der Waals surface area contributed by atoms with E-state index in [4.69, 9.17) is 0 Å². The van der Waals surface area contributed by atoms with Gasteiger partial charge in [-0.25, -0.2) is 0 Å². The molecular weight excluding hydrogens is 829 g/mol. The van der Waals surface area contributed by atoms with E-state index in [2.05, 4.69) is 267 Å². The van der Waals surface area contributed by atoms with Crippen LogP contribution in [0.15, 0.2) is 237 Å². The van der Waals surface area contributed by atoms with Gasteiger partial charge >= 0.3 is 0 Å². The van der Waals surface area contributed by atoms with Crippen molar-refractivity contribution in [2.75, 3.05) is 9.80 Å². The van der Waals surface area contributed by atoms with Crippen molar-refractivity contribution in [2.45, 2.75) is 27.2 Å². The zero-order chi connectivity index (χ0) is 45.3. The molecule has 0 aliphatic heterocycles. The van der Waals surface area contributed by atoms with Gasteiger partial charge in [-0.3, -0.25) is 0 Å². The van der Waals surface area contributed by atoms with Gasteiger partial charge in [-0.2, -0.15) is 0 Å². The minimum Gasteiger partial charge on any atom is -0.311 e. The van der Waals surface area contributed by atoms with Gasteiger partial charge in [-0.05, 0) is 125 Å². The Hall–Kier alpha value is -7.98. The van der Waals surface area contributed by atoms with Gasteiger partial charge in [-0.1, -0.05) is 188 Å². The summed E-state index contributed by atoms with van der Waals surface area (Å²) in [6.45, 7) is 6.59. The summed E-state index contributed by atoms with van der Waals surface area (Å²) >= 11 is 1.88. The van der Waals surface area contributed by atoms with Crippen LogP contribution in [0.2, 0.25) is 0 Å². The Morgan fingerprint density at radius 3 is 1.25 bits per heavy atom. The molecule has 0 amide bonds. The van der Waals surface area contributed by atoms with E-state index in [0.29, 0.717) is 0 Å². The highest BCUT2D eigenvalue weighted by Crippen LogP contribution is 2.53. The van der Waals surface area contributed by atoms with Gasteiger partial charge in [-0.15, -0.1) is 11.3 Å². The molecule has 0 radical (unpaired) electrons. The molecule has 0 spiro atoms. The van der Waals surface area contributed by atoms with Crippen LogP contribution in [0, 0.1) is 13.8 Å². The Labute approximate surface area is 398 Å². The number of thiophene rings is 1. The van der Waals surface area contributed by atoms with Crippen LogP contribution in [-0.4, -0.2) is 0 Å². The average molecular weight is 879 g/mol. The fraction of sp³-hybridized carbons (Fsp3) is 0.0625. The van der Waals surface area contributed by atoms with Crippen LogP contribution < -0.4 is 9.80 Å². The van der Waals surface area contributed by atoms with Gasteiger partial charge in [0, 0.05) is 54.4 Å². The molecule has 11 aromatic rings. The third kappa shape index (κ3) is 7.88. The monoisotopic (exact) mass is 878 g/mol.